The van der Waals surface area contributed by atoms with Crippen LogP contribution in [0.25, 0.3) is 0 Å². The normalized spacial score (nSPS) is 14.1. The highest BCUT2D eigenvalue weighted by Gasteiger charge is 2.16. The molecule has 2 aromatic carbocycles. The molecule has 2 amide bonds. The Kier molecular flexibility index (Phi) is 7.50. The van der Waals surface area contributed by atoms with E-state index >= 15 is 0 Å². The van der Waals surface area contributed by atoms with Crippen LogP contribution in [-0.2, 0) is 4.79 Å². The van der Waals surface area contributed by atoms with Crippen LogP contribution in [0.4, 0.5) is 11.4 Å². The number of para-hydroxylation sites is 2. The number of anilines is 2. The second kappa shape index (κ2) is 10.5. The van der Waals surface area contributed by atoms with Crippen LogP contribution in [-0.4, -0.2) is 31.0 Å². The summed E-state index contributed by atoms with van der Waals surface area (Å²) >= 11 is 0. The van der Waals surface area contributed by atoms with Crippen LogP contribution in [0, 0.1) is 0 Å². The summed E-state index contributed by atoms with van der Waals surface area (Å²) in [5.74, 6) is 0.446. The molecule has 0 unspecified atom stereocenters. The lowest BCUT2D eigenvalue weighted by molar-refractivity contribution is -0.114. The van der Waals surface area contributed by atoms with Gasteiger partial charge >= 0.3 is 0 Å². The number of rotatable bonds is 8. The van der Waals surface area contributed by atoms with E-state index in [1.54, 1.807) is 12.1 Å². The summed E-state index contributed by atoms with van der Waals surface area (Å²) in [4.78, 5) is 24.6. The van der Waals surface area contributed by atoms with Crippen molar-refractivity contribution < 1.29 is 14.3 Å². The molecule has 0 bridgehead atoms. The lowest BCUT2D eigenvalue weighted by atomic mass is 9.95. The molecule has 0 aromatic heterocycles. The summed E-state index contributed by atoms with van der Waals surface area (Å²) in [7, 11) is 0. The Hall–Kier alpha value is -3.02. The maximum Gasteiger partial charge on any atom is 0.251 e. The second-order valence-electron chi connectivity index (χ2n) is 7.22. The summed E-state index contributed by atoms with van der Waals surface area (Å²) in [6, 6.07) is 14.8. The Labute approximate surface area is 172 Å². The molecule has 29 heavy (non-hydrogen) atoms. The molecule has 154 valence electrons. The van der Waals surface area contributed by atoms with Crippen molar-refractivity contribution in [2.45, 2.75) is 45.1 Å². The van der Waals surface area contributed by atoms with Crippen molar-refractivity contribution in [3.63, 3.8) is 0 Å². The molecule has 1 aliphatic rings. The maximum atomic E-state index is 12.4. The molecule has 3 N–H and O–H groups in total. The fraction of sp³-hybridized carbons (Fsp3) is 0.391. The number of nitrogens with one attached hydrogen (secondary N) is 3. The van der Waals surface area contributed by atoms with Crippen LogP contribution >= 0.6 is 0 Å². The van der Waals surface area contributed by atoms with Crippen LogP contribution in [0.3, 0.4) is 0 Å². The number of ether oxygens (including phenoxy) is 1. The van der Waals surface area contributed by atoms with Crippen LogP contribution < -0.4 is 20.7 Å². The fourth-order valence-corrected chi connectivity index (χ4v) is 3.48. The summed E-state index contributed by atoms with van der Waals surface area (Å²) in [6.45, 7) is 2.55. The minimum Gasteiger partial charge on any atom is -0.492 e. The highest BCUT2D eigenvalue weighted by Crippen LogP contribution is 2.23. The first kappa shape index (κ1) is 20.7. The quantitative estimate of drug-likeness (QED) is 0.626. The molecule has 0 radical (unpaired) electrons. The van der Waals surface area contributed by atoms with Gasteiger partial charge in [-0.25, -0.2) is 0 Å². The smallest absolute Gasteiger partial charge is 0.251 e. The number of benzene rings is 2. The van der Waals surface area contributed by atoms with Crippen molar-refractivity contribution in [2.24, 2.45) is 0 Å². The number of hydrogen-bond donors (Lipinski definition) is 3. The lowest BCUT2D eigenvalue weighted by Crippen LogP contribution is -2.36. The van der Waals surface area contributed by atoms with Gasteiger partial charge in [-0.05, 0) is 56.2 Å². The molecule has 1 aliphatic carbocycles. The van der Waals surface area contributed by atoms with Crippen LogP contribution in [0.2, 0.25) is 0 Å². The van der Waals surface area contributed by atoms with Gasteiger partial charge < -0.3 is 20.7 Å². The van der Waals surface area contributed by atoms with Gasteiger partial charge in [-0.3, -0.25) is 9.59 Å². The third-order valence-electron chi connectivity index (χ3n) is 5.00. The zero-order valence-electron chi connectivity index (χ0n) is 16.9. The molecule has 0 atom stereocenters. The second-order valence-corrected chi connectivity index (χ2v) is 7.22. The highest BCUT2D eigenvalue weighted by molar-refractivity contribution is 5.96. The number of amides is 2. The molecule has 0 aliphatic heterocycles. The first-order valence-electron chi connectivity index (χ1n) is 10.3. The van der Waals surface area contributed by atoms with E-state index in [1.807, 2.05) is 43.3 Å². The standard InChI is InChI=1S/C23H29N3O3/c1-2-29-21-11-7-6-10-20(21)26-22(27)16-24-18-14-12-17(13-15-18)23(28)25-19-8-4-3-5-9-19/h6-7,10-15,19,24H,2-5,8-9,16H2,1H3,(H,25,28)(H,26,27). The number of hydrogen-bond acceptors (Lipinski definition) is 4. The van der Waals surface area contributed by atoms with Crippen LogP contribution in [0.15, 0.2) is 48.5 Å². The zero-order valence-corrected chi connectivity index (χ0v) is 16.9. The van der Waals surface area contributed by atoms with Gasteiger partial charge in [0.05, 0.1) is 18.8 Å². The minimum atomic E-state index is -0.170. The monoisotopic (exact) mass is 395 g/mol. The Morgan fingerprint density at radius 3 is 2.45 bits per heavy atom. The largest absolute Gasteiger partial charge is 0.492 e. The van der Waals surface area contributed by atoms with Gasteiger partial charge in [0, 0.05) is 17.3 Å². The van der Waals surface area contributed by atoms with E-state index in [0.29, 0.717) is 23.6 Å². The lowest BCUT2D eigenvalue weighted by Gasteiger charge is -2.22. The SMILES string of the molecule is CCOc1ccccc1NC(=O)CNc1ccc(C(=O)NC2CCCCC2)cc1. The molecule has 0 saturated heterocycles. The molecule has 1 fully saturated rings. The summed E-state index contributed by atoms with van der Waals surface area (Å²) in [5, 5.41) is 9.04. The summed E-state index contributed by atoms with van der Waals surface area (Å²) < 4.78 is 5.52. The summed E-state index contributed by atoms with van der Waals surface area (Å²) in [6.07, 6.45) is 5.76. The average molecular weight is 396 g/mol. The van der Waals surface area contributed by atoms with Gasteiger partial charge in [-0.1, -0.05) is 31.4 Å². The third kappa shape index (κ3) is 6.24. The molecular weight excluding hydrogens is 366 g/mol. The van der Waals surface area contributed by atoms with Gasteiger partial charge in [-0.2, -0.15) is 0 Å². The molecule has 0 heterocycles. The molecule has 6 nitrogen and oxygen atoms in total. The average Bonchev–Trinajstić information content (AvgIpc) is 2.75. The van der Waals surface area contributed by atoms with Gasteiger partial charge in [0.1, 0.15) is 5.75 Å². The predicted octanol–water partition coefficient (Wildman–Crippen LogP) is 4.20. The van der Waals surface area contributed by atoms with Crippen molar-refractivity contribution >= 4 is 23.2 Å². The topological polar surface area (TPSA) is 79.5 Å². The molecule has 3 rings (SSSR count). The van der Waals surface area contributed by atoms with E-state index in [1.165, 1.54) is 19.3 Å². The highest BCUT2D eigenvalue weighted by atomic mass is 16.5. The molecule has 1 saturated carbocycles. The first-order chi connectivity index (χ1) is 14.2. The van der Waals surface area contributed by atoms with E-state index < -0.39 is 0 Å². The summed E-state index contributed by atoms with van der Waals surface area (Å²) in [5.41, 5.74) is 2.07. The Morgan fingerprint density at radius 1 is 1.00 bits per heavy atom. The predicted molar refractivity (Wildman–Crippen MR) is 116 cm³/mol. The van der Waals surface area contributed by atoms with E-state index in [9.17, 15) is 9.59 Å². The molecule has 0 spiro atoms. The van der Waals surface area contributed by atoms with Crippen molar-refractivity contribution in [1.82, 2.24) is 5.32 Å². The minimum absolute atomic E-state index is 0.0336. The van der Waals surface area contributed by atoms with E-state index in [-0.39, 0.29) is 24.4 Å². The van der Waals surface area contributed by atoms with Crippen molar-refractivity contribution in [2.75, 3.05) is 23.8 Å². The Balaban J connectivity index is 1.48. The van der Waals surface area contributed by atoms with Gasteiger partial charge in [0.2, 0.25) is 5.91 Å². The van der Waals surface area contributed by atoms with E-state index in [2.05, 4.69) is 16.0 Å². The van der Waals surface area contributed by atoms with Gasteiger partial charge in [0.25, 0.3) is 5.91 Å². The first-order valence-corrected chi connectivity index (χ1v) is 10.3. The fourth-order valence-electron chi connectivity index (χ4n) is 3.48. The number of carbonyl (C=O) groups excluding carboxylic acids is 2. The van der Waals surface area contributed by atoms with Crippen molar-refractivity contribution in [3.05, 3.63) is 54.1 Å². The van der Waals surface area contributed by atoms with Gasteiger partial charge in [-0.15, -0.1) is 0 Å². The van der Waals surface area contributed by atoms with E-state index in [0.717, 1.165) is 18.5 Å². The van der Waals surface area contributed by atoms with Crippen LogP contribution in [0.5, 0.6) is 5.75 Å². The molecule has 2 aromatic rings. The molecule has 6 heteroatoms. The molecular formula is C23H29N3O3. The third-order valence-corrected chi connectivity index (χ3v) is 5.00. The van der Waals surface area contributed by atoms with Crippen LogP contribution in [0.1, 0.15) is 49.4 Å². The zero-order chi connectivity index (χ0) is 20.5. The Bertz CT molecular complexity index is 814. The Morgan fingerprint density at radius 2 is 1.72 bits per heavy atom. The van der Waals surface area contributed by atoms with E-state index in [4.69, 9.17) is 4.74 Å². The number of carbonyl (C=O) groups is 2. The van der Waals surface area contributed by atoms with Crippen molar-refractivity contribution in [1.29, 1.82) is 0 Å². The van der Waals surface area contributed by atoms with Gasteiger partial charge in [0.15, 0.2) is 0 Å². The maximum absolute atomic E-state index is 12.4. The van der Waals surface area contributed by atoms with Crippen molar-refractivity contribution in [3.8, 4) is 5.75 Å².